The van der Waals surface area contributed by atoms with E-state index in [4.69, 9.17) is 9.26 Å². The molecule has 0 spiro atoms. The van der Waals surface area contributed by atoms with E-state index in [0.717, 1.165) is 24.7 Å². The minimum absolute atomic E-state index is 0.182. The monoisotopic (exact) mass is 265 g/mol. The second kappa shape index (κ2) is 5.15. The van der Waals surface area contributed by atoms with E-state index in [9.17, 15) is 9.59 Å². The first-order valence-corrected chi connectivity index (χ1v) is 6.62. The van der Waals surface area contributed by atoms with Crippen LogP contribution in [0.3, 0.4) is 0 Å². The van der Waals surface area contributed by atoms with Crippen molar-refractivity contribution >= 4 is 12.3 Å². The van der Waals surface area contributed by atoms with Crippen LogP contribution in [0.25, 0.3) is 0 Å². The van der Waals surface area contributed by atoms with Crippen LogP contribution >= 0.6 is 0 Å². The Hall–Kier alpha value is -1.65. The molecular weight excluding hydrogens is 246 g/mol. The van der Waals surface area contributed by atoms with Crippen LogP contribution in [0.15, 0.2) is 4.52 Å². The second-order valence-electron chi connectivity index (χ2n) is 5.55. The molecule has 0 amide bonds. The van der Waals surface area contributed by atoms with E-state index in [1.54, 1.807) is 6.92 Å². The van der Waals surface area contributed by atoms with Gasteiger partial charge in [-0.3, -0.25) is 0 Å². The van der Waals surface area contributed by atoms with Crippen molar-refractivity contribution in [2.24, 2.45) is 5.41 Å². The maximum atomic E-state index is 11.8. The molecule has 5 nitrogen and oxygen atoms in total. The lowest BCUT2D eigenvalue weighted by Crippen LogP contribution is -2.22. The normalized spacial score (nSPS) is 21.3. The van der Waals surface area contributed by atoms with Crippen LogP contribution in [0.4, 0.5) is 0 Å². The molecule has 1 aromatic rings. The average molecular weight is 265 g/mol. The Morgan fingerprint density at radius 3 is 2.95 bits per heavy atom. The lowest BCUT2D eigenvalue weighted by atomic mass is 9.76. The molecule has 19 heavy (non-hydrogen) atoms. The molecule has 0 saturated carbocycles. The Labute approximate surface area is 112 Å². The van der Waals surface area contributed by atoms with Crippen LogP contribution in [0.5, 0.6) is 0 Å². The van der Waals surface area contributed by atoms with Crippen molar-refractivity contribution in [3.8, 4) is 0 Å². The van der Waals surface area contributed by atoms with Gasteiger partial charge in [0.25, 0.3) is 0 Å². The fourth-order valence-corrected chi connectivity index (χ4v) is 2.64. The number of hydrogen-bond acceptors (Lipinski definition) is 5. The van der Waals surface area contributed by atoms with Crippen LogP contribution in [0.1, 0.15) is 61.3 Å². The molecule has 1 atom stereocenters. The first-order chi connectivity index (χ1) is 9.01. The number of esters is 1. The van der Waals surface area contributed by atoms with Gasteiger partial charge in [-0.15, -0.1) is 0 Å². The summed E-state index contributed by atoms with van der Waals surface area (Å²) in [4.78, 5) is 23.2. The topological polar surface area (TPSA) is 69.4 Å². The molecule has 0 bridgehead atoms. The Bertz CT molecular complexity index is 490. The molecular formula is C14H19NO4. The third-order valence-electron chi connectivity index (χ3n) is 3.80. The van der Waals surface area contributed by atoms with Gasteiger partial charge in [0.15, 0.2) is 11.5 Å². The van der Waals surface area contributed by atoms with Crippen LogP contribution in [0.2, 0.25) is 0 Å². The summed E-state index contributed by atoms with van der Waals surface area (Å²) in [6, 6.07) is 0. The summed E-state index contributed by atoms with van der Waals surface area (Å²) in [5.41, 5.74) is 0.779. The molecule has 1 unspecified atom stereocenters. The number of nitrogens with zero attached hydrogens (tertiary/aromatic N) is 1. The summed E-state index contributed by atoms with van der Waals surface area (Å²) in [6.07, 6.45) is 3.39. The zero-order valence-electron chi connectivity index (χ0n) is 11.6. The SMILES string of the molecule is CCOC(=O)c1noc2c1CCCC(C)(C)C2C=O. The highest BCUT2D eigenvalue weighted by molar-refractivity contribution is 5.89. The van der Waals surface area contributed by atoms with Crippen molar-refractivity contribution in [2.45, 2.75) is 46.0 Å². The summed E-state index contributed by atoms with van der Waals surface area (Å²) in [5, 5.41) is 3.81. The van der Waals surface area contributed by atoms with Gasteiger partial charge in [-0.05, 0) is 31.6 Å². The van der Waals surface area contributed by atoms with Gasteiger partial charge >= 0.3 is 5.97 Å². The molecule has 5 heteroatoms. The van der Waals surface area contributed by atoms with E-state index < -0.39 is 5.97 Å². The lowest BCUT2D eigenvalue weighted by Gasteiger charge is -2.27. The van der Waals surface area contributed by atoms with Gasteiger partial charge in [-0.2, -0.15) is 0 Å². The Morgan fingerprint density at radius 2 is 2.32 bits per heavy atom. The van der Waals surface area contributed by atoms with Crippen LogP contribution in [-0.4, -0.2) is 24.0 Å². The molecule has 0 aromatic carbocycles. The Morgan fingerprint density at radius 1 is 1.58 bits per heavy atom. The summed E-state index contributed by atoms with van der Waals surface area (Å²) in [7, 11) is 0. The van der Waals surface area contributed by atoms with Crippen molar-refractivity contribution in [1.29, 1.82) is 0 Å². The summed E-state index contributed by atoms with van der Waals surface area (Å²) < 4.78 is 10.3. The Balaban J connectivity index is 2.44. The second-order valence-corrected chi connectivity index (χ2v) is 5.55. The van der Waals surface area contributed by atoms with Gasteiger partial charge in [-0.1, -0.05) is 19.0 Å². The van der Waals surface area contributed by atoms with Gasteiger partial charge in [0.05, 0.1) is 12.5 Å². The summed E-state index contributed by atoms with van der Waals surface area (Å²) >= 11 is 0. The molecule has 0 N–H and O–H groups in total. The maximum Gasteiger partial charge on any atom is 0.360 e. The van der Waals surface area contributed by atoms with Gasteiger partial charge < -0.3 is 14.1 Å². The molecule has 104 valence electrons. The maximum absolute atomic E-state index is 11.8. The largest absolute Gasteiger partial charge is 0.461 e. The van der Waals surface area contributed by atoms with E-state index in [0.29, 0.717) is 18.8 Å². The molecule has 0 saturated heterocycles. The standard InChI is InChI=1S/C14H19NO4/c1-4-18-13(17)11-9-6-5-7-14(2,3)10(8-16)12(9)19-15-11/h8,10H,4-7H2,1-3H3. The lowest BCUT2D eigenvalue weighted by molar-refractivity contribution is -0.111. The van der Waals surface area contributed by atoms with E-state index in [1.807, 2.05) is 13.8 Å². The molecule has 1 aliphatic rings. The number of hydrogen-bond donors (Lipinski definition) is 0. The van der Waals surface area contributed by atoms with Gasteiger partial charge in [-0.25, -0.2) is 4.79 Å². The van der Waals surface area contributed by atoms with Crippen LogP contribution < -0.4 is 0 Å². The predicted octanol–water partition coefficient (Wildman–Crippen LogP) is 2.50. The van der Waals surface area contributed by atoms with Crippen molar-refractivity contribution in [3.05, 3.63) is 17.0 Å². The van der Waals surface area contributed by atoms with Gasteiger partial charge in [0.2, 0.25) is 0 Å². The zero-order chi connectivity index (χ0) is 14.0. The van der Waals surface area contributed by atoms with E-state index in [2.05, 4.69) is 5.16 Å². The average Bonchev–Trinajstić information content (AvgIpc) is 2.68. The van der Waals surface area contributed by atoms with Crippen LogP contribution in [-0.2, 0) is 16.0 Å². The molecule has 0 aliphatic heterocycles. The molecule has 0 fully saturated rings. The van der Waals surface area contributed by atoms with Crippen molar-refractivity contribution in [1.82, 2.24) is 5.16 Å². The third kappa shape index (κ3) is 2.41. The van der Waals surface area contributed by atoms with E-state index >= 15 is 0 Å². The number of carbonyl (C=O) groups excluding carboxylic acids is 2. The quantitative estimate of drug-likeness (QED) is 0.477. The first-order valence-electron chi connectivity index (χ1n) is 6.62. The first kappa shape index (κ1) is 13.8. The van der Waals surface area contributed by atoms with Crippen molar-refractivity contribution in [3.63, 3.8) is 0 Å². The van der Waals surface area contributed by atoms with Gasteiger partial charge in [0.1, 0.15) is 6.29 Å². The van der Waals surface area contributed by atoms with E-state index in [1.165, 1.54) is 0 Å². The van der Waals surface area contributed by atoms with Crippen molar-refractivity contribution < 1.29 is 18.8 Å². The summed E-state index contributed by atoms with van der Waals surface area (Å²) in [6.45, 7) is 6.11. The highest BCUT2D eigenvalue weighted by Crippen LogP contribution is 2.43. The highest BCUT2D eigenvalue weighted by atomic mass is 16.5. The molecule has 1 heterocycles. The minimum atomic E-state index is -0.475. The highest BCUT2D eigenvalue weighted by Gasteiger charge is 2.39. The number of ether oxygens (including phenoxy) is 1. The smallest absolute Gasteiger partial charge is 0.360 e. The van der Waals surface area contributed by atoms with Crippen LogP contribution in [0, 0.1) is 5.41 Å². The van der Waals surface area contributed by atoms with Crippen molar-refractivity contribution in [2.75, 3.05) is 6.61 Å². The fraction of sp³-hybridized carbons (Fsp3) is 0.643. The molecule has 0 radical (unpaired) electrons. The zero-order valence-corrected chi connectivity index (χ0v) is 11.6. The number of aromatic nitrogens is 1. The fourth-order valence-electron chi connectivity index (χ4n) is 2.64. The number of rotatable bonds is 3. The Kier molecular flexibility index (Phi) is 3.73. The molecule has 2 rings (SSSR count). The minimum Gasteiger partial charge on any atom is -0.461 e. The molecule has 1 aromatic heterocycles. The number of carbonyl (C=O) groups is 2. The number of fused-ring (bicyclic) bond motifs is 1. The van der Waals surface area contributed by atoms with Gasteiger partial charge in [0, 0.05) is 5.56 Å². The van der Waals surface area contributed by atoms with E-state index in [-0.39, 0.29) is 17.0 Å². The number of aldehydes is 1. The summed E-state index contributed by atoms with van der Waals surface area (Å²) in [5.74, 6) is -0.307. The third-order valence-corrected chi connectivity index (χ3v) is 3.80. The predicted molar refractivity (Wildman–Crippen MR) is 68.0 cm³/mol. The molecule has 1 aliphatic carbocycles.